The van der Waals surface area contributed by atoms with Crippen LogP contribution in [0.2, 0.25) is 0 Å². The molecule has 0 unspecified atom stereocenters. The second-order valence-corrected chi connectivity index (χ2v) is 4.85. The number of benzene rings is 1. The molecule has 0 fully saturated rings. The van der Waals surface area contributed by atoms with Crippen LogP contribution in [-0.2, 0) is 11.8 Å². The van der Waals surface area contributed by atoms with Gasteiger partial charge in [-0.1, -0.05) is 12.1 Å². The zero-order valence-electron chi connectivity index (χ0n) is 11.2. The summed E-state index contributed by atoms with van der Waals surface area (Å²) in [5, 5.41) is 8.94. The van der Waals surface area contributed by atoms with Crippen LogP contribution in [0, 0.1) is 12.3 Å². The van der Waals surface area contributed by atoms with Crippen molar-refractivity contribution < 1.29 is 4.74 Å². The Balaban J connectivity index is 2.21. The Morgan fingerprint density at radius 2 is 2.21 bits per heavy atom. The van der Waals surface area contributed by atoms with E-state index >= 15 is 0 Å². The van der Waals surface area contributed by atoms with E-state index in [1.165, 1.54) is 11.1 Å². The van der Waals surface area contributed by atoms with E-state index in [1.807, 2.05) is 18.5 Å². The van der Waals surface area contributed by atoms with E-state index in [2.05, 4.69) is 29.3 Å². The first-order chi connectivity index (χ1) is 9.16. The number of ether oxygens (including phenoxy) is 1. The average Bonchev–Trinajstić information content (AvgIpc) is 2.45. The van der Waals surface area contributed by atoms with Crippen LogP contribution in [0.25, 0.3) is 16.5 Å². The zero-order valence-corrected chi connectivity index (χ0v) is 11.2. The predicted octanol–water partition coefficient (Wildman–Crippen LogP) is 2.16. The molecule has 2 aromatic rings. The van der Waals surface area contributed by atoms with Gasteiger partial charge in [-0.15, -0.1) is 0 Å². The van der Waals surface area contributed by atoms with Crippen molar-refractivity contribution in [2.45, 2.75) is 13.3 Å². The van der Waals surface area contributed by atoms with Crippen LogP contribution in [0.1, 0.15) is 17.8 Å². The molecule has 3 rings (SSSR count). The van der Waals surface area contributed by atoms with Crippen molar-refractivity contribution in [3.05, 3.63) is 41.2 Å². The first kappa shape index (κ1) is 12.1. The van der Waals surface area contributed by atoms with Crippen molar-refractivity contribution in [1.82, 2.24) is 9.55 Å². The highest BCUT2D eigenvalue weighted by molar-refractivity contribution is 5.83. The minimum atomic E-state index is 0.347. The smallest absolute Gasteiger partial charge is 0.155 e. The lowest BCUT2D eigenvalue weighted by Gasteiger charge is -2.15. The summed E-state index contributed by atoms with van der Waals surface area (Å²) in [5.41, 5.74) is 3.87. The fraction of sp³-hybridized carbons (Fsp3) is 0.333. The molecule has 19 heavy (non-hydrogen) atoms. The molecule has 2 heterocycles. The van der Waals surface area contributed by atoms with Gasteiger partial charge in [0.05, 0.1) is 18.7 Å². The highest BCUT2D eigenvalue weighted by Gasteiger charge is 2.09. The van der Waals surface area contributed by atoms with Crippen LogP contribution >= 0.6 is 0 Å². The van der Waals surface area contributed by atoms with Crippen LogP contribution in [0.3, 0.4) is 0 Å². The second kappa shape index (κ2) is 4.63. The maximum atomic E-state index is 8.04. The monoisotopic (exact) mass is 255 g/mol. The topological polar surface area (TPSA) is 50.9 Å². The van der Waals surface area contributed by atoms with Crippen LogP contribution < -0.4 is 5.49 Å². The SMILES string of the molecule is Cc1nc(=N)c2cc(C3=CCOCC3)ccc2n1C. The summed E-state index contributed by atoms with van der Waals surface area (Å²) >= 11 is 0. The summed E-state index contributed by atoms with van der Waals surface area (Å²) in [6.45, 7) is 3.38. The van der Waals surface area contributed by atoms with Gasteiger partial charge in [0.2, 0.25) is 0 Å². The highest BCUT2D eigenvalue weighted by Crippen LogP contribution is 2.23. The Morgan fingerprint density at radius 3 is 2.95 bits per heavy atom. The van der Waals surface area contributed by atoms with E-state index in [-0.39, 0.29) is 0 Å². The molecule has 0 saturated carbocycles. The van der Waals surface area contributed by atoms with Gasteiger partial charge in [0.15, 0.2) is 5.49 Å². The van der Waals surface area contributed by atoms with E-state index in [4.69, 9.17) is 10.1 Å². The normalized spacial score (nSPS) is 15.6. The van der Waals surface area contributed by atoms with Crippen molar-refractivity contribution in [2.24, 2.45) is 7.05 Å². The van der Waals surface area contributed by atoms with Crippen molar-refractivity contribution >= 4 is 16.5 Å². The molecule has 4 nitrogen and oxygen atoms in total. The Bertz CT molecular complexity index is 728. The molecule has 0 aliphatic carbocycles. The molecule has 4 heteroatoms. The molecule has 1 aliphatic rings. The summed E-state index contributed by atoms with van der Waals surface area (Å²) < 4.78 is 7.36. The molecule has 1 aromatic heterocycles. The first-order valence-corrected chi connectivity index (χ1v) is 6.46. The lowest BCUT2D eigenvalue weighted by atomic mass is 10.00. The lowest BCUT2D eigenvalue weighted by molar-refractivity contribution is 0.161. The fourth-order valence-electron chi connectivity index (χ4n) is 2.48. The third-order valence-corrected chi connectivity index (χ3v) is 3.71. The number of hydrogen-bond acceptors (Lipinski definition) is 3. The number of fused-ring (bicyclic) bond motifs is 1. The van der Waals surface area contributed by atoms with E-state index < -0.39 is 0 Å². The standard InChI is InChI=1S/C15H17N3O/c1-10-17-15(16)13-9-12(3-4-14(13)18(10)2)11-5-7-19-8-6-11/h3-5,9,16H,6-8H2,1-2H3. The second-order valence-electron chi connectivity index (χ2n) is 4.85. The molecule has 1 N–H and O–H groups in total. The van der Waals surface area contributed by atoms with Crippen molar-refractivity contribution in [2.75, 3.05) is 13.2 Å². The highest BCUT2D eigenvalue weighted by atomic mass is 16.5. The minimum Gasteiger partial charge on any atom is -0.377 e. The summed E-state index contributed by atoms with van der Waals surface area (Å²) in [4.78, 5) is 4.27. The van der Waals surface area contributed by atoms with Gasteiger partial charge in [-0.05, 0) is 36.6 Å². The molecule has 1 aromatic carbocycles. The number of nitrogens with zero attached hydrogens (tertiary/aromatic N) is 2. The summed E-state index contributed by atoms with van der Waals surface area (Å²) in [5.74, 6) is 0.857. The van der Waals surface area contributed by atoms with Gasteiger partial charge in [-0.2, -0.15) is 0 Å². The molecule has 0 spiro atoms. The molecule has 0 saturated heterocycles. The lowest BCUT2D eigenvalue weighted by Crippen LogP contribution is -2.15. The molecule has 0 amide bonds. The molecular weight excluding hydrogens is 238 g/mol. The van der Waals surface area contributed by atoms with Gasteiger partial charge in [-0.3, -0.25) is 5.41 Å². The number of aryl methyl sites for hydroxylation is 2. The molecular formula is C15H17N3O. The quantitative estimate of drug-likeness (QED) is 0.849. The molecule has 0 bridgehead atoms. The van der Waals surface area contributed by atoms with Crippen LogP contribution in [0.15, 0.2) is 24.3 Å². The predicted molar refractivity (Wildman–Crippen MR) is 74.7 cm³/mol. The Hall–Kier alpha value is -1.94. The van der Waals surface area contributed by atoms with Crippen molar-refractivity contribution in [1.29, 1.82) is 5.41 Å². The van der Waals surface area contributed by atoms with Crippen LogP contribution in [0.4, 0.5) is 0 Å². The van der Waals surface area contributed by atoms with Crippen LogP contribution in [0.5, 0.6) is 0 Å². The van der Waals surface area contributed by atoms with E-state index in [0.717, 1.165) is 29.8 Å². The molecule has 98 valence electrons. The number of hydrogen-bond donors (Lipinski definition) is 1. The Morgan fingerprint density at radius 1 is 1.37 bits per heavy atom. The molecule has 0 atom stereocenters. The summed E-state index contributed by atoms with van der Waals surface area (Å²) in [6, 6.07) is 6.27. The van der Waals surface area contributed by atoms with Gasteiger partial charge >= 0.3 is 0 Å². The van der Waals surface area contributed by atoms with Gasteiger partial charge in [0.25, 0.3) is 0 Å². The maximum Gasteiger partial charge on any atom is 0.155 e. The molecule has 1 aliphatic heterocycles. The fourth-order valence-corrected chi connectivity index (χ4v) is 2.48. The van der Waals surface area contributed by atoms with E-state index in [0.29, 0.717) is 12.1 Å². The van der Waals surface area contributed by atoms with Gasteiger partial charge in [-0.25, -0.2) is 4.98 Å². The summed E-state index contributed by atoms with van der Waals surface area (Å²) in [6.07, 6.45) is 3.06. The Kier molecular flexibility index (Phi) is 2.95. The third-order valence-electron chi connectivity index (χ3n) is 3.71. The number of rotatable bonds is 1. The largest absolute Gasteiger partial charge is 0.377 e. The number of nitrogens with one attached hydrogen (secondary N) is 1. The van der Waals surface area contributed by atoms with E-state index in [9.17, 15) is 0 Å². The maximum absolute atomic E-state index is 8.04. The molecule has 0 radical (unpaired) electrons. The van der Waals surface area contributed by atoms with Gasteiger partial charge < -0.3 is 9.30 Å². The third kappa shape index (κ3) is 2.08. The number of aromatic nitrogens is 2. The van der Waals surface area contributed by atoms with Crippen LogP contribution in [-0.4, -0.2) is 22.8 Å². The zero-order chi connectivity index (χ0) is 13.4. The van der Waals surface area contributed by atoms with Gasteiger partial charge in [0.1, 0.15) is 5.82 Å². The van der Waals surface area contributed by atoms with Gasteiger partial charge in [0, 0.05) is 12.4 Å². The Labute approximate surface area is 111 Å². The first-order valence-electron chi connectivity index (χ1n) is 6.46. The summed E-state index contributed by atoms with van der Waals surface area (Å²) in [7, 11) is 1.98. The van der Waals surface area contributed by atoms with Crippen molar-refractivity contribution in [3.8, 4) is 0 Å². The van der Waals surface area contributed by atoms with E-state index in [1.54, 1.807) is 0 Å². The average molecular weight is 255 g/mol. The minimum absolute atomic E-state index is 0.347. The van der Waals surface area contributed by atoms with Crippen molar-refractivity contribution in [3.63, 3.8) is 0 Å².